The molecular weight excluding hydrogens is 516 g/mol. The average molecular weight is 559 g/mol. The predicted molar refractivity (Wildman–Crippen MR) is 157 cm³/mol. The van der Waals surface area contributed by atoms with Gasteiger partial charge in [-0.3, -0.25) is 0 Å². The summed E-state index contributed by atoms with van der Waals surface area (Å²) in [6.45, 7) is -3.50. The van der Waals surface area contributed by atoms with Crippen molar-refractivity contribution in [1.82, 2.24) is 0 Å². The Labute approximate surface area is 248 Å². The molecule has 0 aliphatic carbocycles. The van der Waals surface area contributed by atoms with E-state index in [2.05, 4.69) is 0 Å². The predicted octanol–water partition coefficient (Wildman–Crippen LogP) is 6.07. The second-order valence-corrected chi connectivity index (χ2v) is 9.92. The van der Waals surface area contributed by atoms with Crippen molar-refractivity contribution in [2.45, 2.75) is 63.5 Å². The first-order chi connectivity index (χ1) is 21.7. The van der Waals surface area contributed by atoms with E-state index < -0.39 is 56.5 Å². The molecule has 6 nitrogen and oxygen atoms in total. The Morgan fingerprint density at radius 2 is 1.00 bits per heavy atom. The van der Waals surface area contributed by atoms with Crippen LogP contribution < -0.4 is 0 Å². The fraction of sp³-hybridized carbons (Fsp3) is 0.314. The molecule has 4 aromatic rings. The van der Waals surface area contributed by atoms with Gasteiger partial charge in [0.15, 0.2) is 5.79 Å². The monoisotopic (exact) mass is 558 g/mol. The molecule has 1 heterocycles. The quantitative estimate of drug-likeness (QED) is 0.215. The van der Waals surface area contributed by atoms with Gasteiger partial charge in [0.05, 0.1) is 38.4 Å². The Balaban J connectivity index is 1.50. The molecule has 0 radical (unpaired) electrons. The molecule has 1 aliphatic rings. The third-order valence-corrected chi connectivity index (χ3v) is 6.66. The molecule has 0 spiro atoms. The number of benzene rings is 4. The van der Waals surface area contributed by atoms with E-state index in [1.165, 1.54) is 6.92 Å². The summed E-state index contributed by atoms with van der Waals surface area (Å²) in [5, 5.41) is 11.7. The zero-order valence-electron chi connectivity index (χ0n) is 26.9. The van der Waals surface area contributed by atoms with Crippen LogP contribution >= 0.6 is 0 Å². The molecule has 0 bridgehead atoms. The summed E-state index contributed by atoms with van der Waals surface area (Å²) in [5.41, 5.74) is 2.30. The van der Waals surface area contributed by atoms with Gasteiger partial charge in [0.2, 0.25) is 0 Å². The Bertz CT molecular complexity index is 1430. The van der Waals surface area contributed by atoms with Gasteiger partial charge >= 0.3 is 0 Å². The van der Waals surface area contributed by atoms with Crippen molar-refractivity contribution >= 4 is 0 Å². The van der Waals surface area contributed by atoms with Crippen molar-refractivity contribution in [1.29, 1.82) is 0 Å². The highest BCUT2D eigenvalue weighted by atomic mass is 16.7. The molecule has 6 heteroatoms. The van der Waals surface area contributed by atoms with E-state index in [0.717, 1.165) is 0 Å². The van der Waals surface area contributed by atoms with E-state index in [0.29, 0.717) is 22.3 Å². The fourth-order valence-corrected chi connectivity index (χ4v) is 4.61. The van der Waals surface area contributed by atoms with Crippen LogP contribution in [-0.4, -0.2) is 41.9 Å². The van der Waals surface area contributed by atoms with Crippen LogP contribution in [-0.2, 0) is 50.0 Å². The number of rotatable bonds is 13. The minimum atomic E-state index is -2.03. The lowest BCUT2D eigenvalue weighted by molar-refractivity contribution is -0.363. The number of hydrogen-bond donors (Lipinski definition) is 1. The van der Waals surface area contributed by atoms with Gasteiger partial charge < -0.3 is 28.8 Å². The summed E-state index contributed by atoms with van der Waals surface area (Å²) < 4.78 is 66.0. The Kier molecular flexibility index (Phi) is 8.58. The molecule has 1 N–H and O–H groups in total. The highest BCUT2D eigenvalue weighted by Crippen LogP contribution is 2.35. The fourth-order valence-electron chi connectivity index (χ4n) is 4.61. The molecule has 41 heavy (non-hydrogen) atoms. The first-order valence-electron chi connectivity index (χ1n) is 15.9. The highest BCUT2D eigenvalue weighted by Gasteiger charge is 2.54. The first kappa shape index (κ1) is 24.3. The topological polar surface area (TPSA) is 66.4 Å². The Hall–Kier alpha value is -3.36. The zero-order valence-corrected chi connectivity index (χ0v) is 22.9. The van der Waals surface area contributed by atoms with E-state index in [4.69, 9.17) is 29.2 Å². The lowest BCUT2D eigenvalue weighted by Crippen LogP contribution is -2.66. The van der Waals surface area contributed by atoms with E-state index in [1.807, 2.05) is 36.4 Å². The molecule has 9 atom stereocenters. The number of hydrogen-bond acceptors (Lipinski definition) is 6. The summed E-state index contributed by atoms with van der Waals surface area (Å²) >= 11 is 0. The zero-order chi connectivity index (χ0) is 31.8. The third-order valence-electron chi connectivity index (χ3n) is 6.66. The van der Waals surface area contributed by atoms with E-state index in [9.17, 15) is 5.11 Å². The molecule has 5 unspecified atom stereocenters. The van der Waals surface area contributed by atoms with Gasteiger partial charge in [-0.1, -0.05) is 121 Å². The summed E-state index contributed by atoms with van der Waals surface area (Å²) in [5.74, 6) is -2.03. The minimum Gasteiger partial charge on any atom is -0.374 e. The molecule has 4 aromatic carbocycles. The maximum absolute atomic E-state index is 11.7. The minimum absolute atomic E-state index is 0.199. The molecule has 0 saturated carbocycles. The van der Waals surface area contributed by atoms with Crippen molar-refractivity contribution in [2.24, 2.45) is 0 Å². The molecular formula is C35H38O6. The van der Waals surface area contributed by atoms with E-state index in [-0.39, 0.29) is 6.61 Å². The maximum Gasteiger partial charge on any atom is 0.192 e. The van der Waals surface area contributed by atoms with Gasteiger partial charge in [-0.15, -0.1) is 0 Å². The lowest BCUT2D eigenvalue weighted by atomic mass is 9.92. The third kappa shape index (κ3) is 8.33. The van der Waals surface area contributed by atoms with Crippen molar-refractivity contribution in [2.75, 3.05) is 6.61 Å². The van der Waals surface area contributed by atoms with Crippen LogP contribution in [0, 0.1) is 0 Å². The molecule has 214 valence electrons. The first-order valence-corrected chi connectivity index (χ1v) is 13.6. The van der Waals surface area contributed by atoms with Crippen LogP contribution in [0.4, 0.5) is 0 Å². The van der Waals surface area contributed by atoms with E-state index >= 15 is 0 Å². The molecule has 0 aromatic heterocycles. The summed E-state index contributed by atoms with van der Waals surface area (Å²) in [7, 11) is 0. The van der Waals surface area contributed by atoms with E-state index in [1.54, 1.807) is 84.9 Å². The normalized spacial score (nSPS) is 28.7. The smallest absolute Gasteiger partial charge is 0.192 e. The summed E-state index contributed by atoms with van der Waals surface area (Å²) in [6, 6.07) is 35.8. The standard InChI is InChI=1S/C35H38O6/c1-35(36)34(40-25-30-20-12-5-13-21-30)33(39-24-29-18-10-4-11-19-29)32(38-23-28-16-8-3-9-17-28)31(41-35)26-37-22-27-14-6-2-7-15-27/h2-21,31-34,36H,22-26H2,1H3/t31-,32-,33+,34-,35?/m1/s1/i22D,23D,24D,25D/t22?,23?,24?,25?,31-,32-,33+,34-,35?. The summed E-state index contributed by atoms with van der Waals surface area (Å²) in [4.78, 5) is 0. The second-order valence-electron chi connectivity index (χ2n) is 9.92. The number of aliphatic hydroxyl groups is 1. The van der Waals surface area contributed by atoms with Gasteiger partial charge in [-0.05, 0) is 29.2 Å². The summed E-state index contributed by atoms with van der Waals surface area (Å²) in [6.07, 6.45) is -4.66. The number of ether oxygens (including phenoxy) is 5. The molecule has 1 fully saturated rings. The average Bonchev–Trinajstić information content (AvgIpc) is 3.07. The maximum atomic E-state index is 11.7. The highest BCUT2D eigenvalue weighted by molar-refractivity contribution is 5.16. The van der Waals surface area contributed by atoms with Gasteiger partial charge in [0.25, 0.3) is 0 Å². The van der Waals surface area contributed by atoms with Crippen LogP contribution in [0.15, 0.2) is 121 Å². The molecule has 5 rings (SSSR count). The van der Waals surface area contributed by atoms with Crippen LogP contribution in [0.2, 0.25) is 0 Å². The van der Waals surface area contributed by atoms with Crippen LogP contribution in [0.5, 0.6) is 0 Å². The van der Waals surface area contributed by atoms with Gasteiger partial charge in [0, 0.05) is 0 Å². The van der Waals surface area contributed by atoms with Crippen LogP contribution in [0.3, 0.4) is 0 Å². The molecule has 1 saturated heterocycles. The van der Waals surface area contributed by atoms with Crippen LogP contribution in [0.1, 0.15) is 34.7 Å². The van der Waals surface area contributed by atoms with Crippen molar-refractivity contribution in [3.63, 3.8) is 0 Å². The van der Waals surface area contributed by atoms with Gasteiger partial charge in [-0.2, -0.15) is 0 Å². The molecule has 0 amide bonds. The second kappa shape index (κ2) is 14.5. The molecule has 1 aliphatic heterocycles. The Morgan fingerprint density at radius 3 is 1.46 bits per heavy atom. The van der Waals surface area contributed by atoms with Crippen LogP contribution in [0.25, 0.3) is 0 Å². The van der Waals surface area contributed by atoms with Gasteiger partial charge in [0.1, 0.15) is 24.4 Å². The van der Waals surface area contributed by atoms with Crippen molar-refractivity contribution in [3.8, 4) is 0 Å². The lowest BCUT2D eigenvalue weighted by Gasteiger charge is -2.49. The van der Waals surface area contributed by atoms with Crippen molar-refractivity contribution in [3.05, 3.63) is 144 Å². The van der Waals surface area contributed by atoms with Gasteiger partial charge in [-0.25, -0.2) is 0 Å². The van der Waals surface area contributed by atoms with Crippen molar-refractivity contribution < 1.29 is 34.3 Å². The SMILES string of the molecule is [2H]C(OC[C@H]1OC(C)(O)[C@H](OC([2H])c2ccccc2)[C@@H](OC([2H])c2ccccc2)[C@@H]1OC([2H])c1ccccc1)c1ccccc1. The largest absolute Gasteiger partial charge is 0.374 e. The Morgan fingerprint density at radius 1 is 0.610 bits per heavy atom.